The number of hydrogen-bond donors (Lipinski definition) is 1. The smallest absolute Gasteiger partial charge is 0.0877 e. The molecule has 1 aliphatic rings. The number of aryl methyl sites for hydroxylation is 1. The maximum Gasteiger partial charge on any atom is 0.0877 e. The SMILES string of the molecule is Cc1nn(-c2cnccc2CNC2CC2)c(C)c1Cl. The molecule has 0 unspecified atom stereocenters. The Morgan fingerprint density at radius 2 is 2.21 bits per heavy atom. The third-order valence-electron chi connectivity index (χ3n) is 3.48. The van der Waals surface area contributed by atoms with E-state index < -0.39 is 0 Å². The van der Waals surface area contributed by atoms with E-state index in [1.165, 1.54) is 18.4 Å². The summed E-state index contributed by atoms with van der Waals surface area (Å²) in [6, 6.07) is 2.72. The first-order chi connectivity index (χ1) is 9.16. The van der Waals surface area contributed by atoms with E-state index >= 15 is 0 Å². The number of hydrogen-bond acceptors (Lipinski definition) is 3. The molecule has 0 aliphatic heterocycles. The van der Waals surface area contributed by atoms with Gasteiger partial charge in [-0.2, -0.15) is 5.10 Å². The van der Waals surface area contributed by atoms with E-state index in [9.17, 15) is 0 Å². The maximum absolute atomic E-state index is 6.22. The predicted octanol–water partition coefficient (Wildman–Crippen LogP) is 2.79. The molecule has 0 spiro atoms. The van der Waals surface area contributed by atoms with Gasteiger partial charge in [0.05, 0.1) is 28.3 Å². The molecule has 0 amide bonds. The summed E-state index contributed by atoms with van der Waals surface area (Å²) < 4.78 is 1.88. The zero-order valence-electron chi connectivity index (χ0n) is 11.2. The van der Waals surface area contributed by atoms with Crippen LogP contribution in [0.4, 0.5) is 0 Å². The van der Waals surface area contributed by atoms with Crippen molar-refractivity contribution < 1.29 is 0 Å². The Labute approximate surface area is 117 Å². The van der Waals surface area contributed by atoms with Crippen molar-refractivity contribution in [3.05, 3.63) is 40.4 Å². The van der Waals surface area contributed by atoms with E-state index in [2.05, 4.69) is 15.4 Å². The third kappa shape index (κ3) is 2.51. The molecule has 2 heterocycles. The number of halogens is 1. The van der Waals surface area contributed by atoms with Gasteiger partial charge in [0.15, 0.2) is 0 Å². The Hall–Kier alpha value is -1.39. The topological polar surface area (TPSA) is 42.7 Å². The lowest BCUT2D eigenvalue weighted by Crippen LogP contribution is -2.17. The fourth-order valence-corrected chi connectivity index (χ4v) is 2.27. The monoisotopic (exact) mass is 276 g/mol. The second-order valence-electron chi connectivity index (χ2n) is 5.06. The molecule has 0 bridgehead atoms. The van der Waals surface area contributed by atoms with Crippen LogP contribution in [0.15, 0.2) is 18.5 Å². The molecular formula is C14H17ClN4. The van der Waals surface area contributed by atoms with Gasteiger partial charge in [-0.3, -0.25) is 4.98 Å². The van der Waals surface area contributed by atoms with E-state index in [1.807, 2.05) is 37.0 Å². The van der Waals surface area contributed by atoms with E-state index in [4.69, 9.17) is 11.6 Å². The summed E-state index contributed by atoms with van der Waals surface area (Å²) in [5.41, 5.74) is 4.01. The fraction of sp³-hybridized carbons (Fsp3) is 0.429. The minimum Gasteiger partial charge on any atom is -0.310 e. The van der Waals surface area contributed by atoms with Crippen LogP contribution in [0.3, 0.4) is 0 Å². The summed E-state index contributed by atoms with van der Waals surface area (Å²) in [4.78, 5) is 4.21. The molecule has 2 aromatic heterocycles. The van der Waals surface area contributed by atoms with Crippen LogP contribution in [0.2, 0.25) is 5.02 Å². The molecule has 100 valence electrons. The highest BCUT2D eigenvalue weighted by Crippen LogP contribution is 2.24. The zero-order valence-corrected chi connectivity index (χ0v) is 11.9. The normalized spacial score (nSPS) is 14.9. The quantitative estimate of drug-likeness (QED) is 0.934. The van der Waals surface area contributed by atoms with Crippen LogP contribution in [0.5, 0.6) is 0 Å². The standard InChI is InChI=1S/C14H17ClN4/c1-9-14(15)10(2)19(18-9)13-8-16-6-5-11(13)7-17-12-3-4-12/h5-6,8,12,17H,3-4,7H2,1-2H3. The summed E-state index contributed by atoms with van der Waals surface area (Å²) >= 11 is 6.22. The lowest BCUT2D eigenvalue weighted by molar-refractivity contribution is 0.678. The minimum absolute atomic E-state index is 0.685. The molecule has 0 atom stereocenters. The van der Waals surface area contributed by atoms with Gasteiger partial charge in [0.1, 0.15) is 0 Å². The Balaban J connectivity index is 1.96. The van der Waals surface area contributed by atoms with E-state index in [1.54, 1.807) is 0 Å². The second-order valence-corrected chi connectivity index (χ2v) is 5.43. The fourth-order valence-electron chi connectivity index (χ4n) is 2.16. The van der Waals surface area contributed by atoms with Gasteiger partial charge in [0.2, 0.25) is 0 Å². The number of rotatable bonds is 4. The summed E-state index contributed by atoms with van der Waals surface area (Å²) in [6.45, 7) is 4.75. The van der Waals surface area contributed by atoms with Gasteiger partial charge in [-0.15, -0.1) is 0 Å². The zero-order chi connectivity index (χ0) is 13.4. The van der Waals surface area contributed by atoms with Crippen LogP contribution >= 0.6 is 11.6 Å². The Morgan fingerprint density at radius 1 is 1.42 bits per heavy atom. The largest absolute Gasteiger partial charge is 0.310 e. The van der Waals surface area contributed by atoms with Crippen LogP contribution in [0.25, 0.3) is 5.69 Å². The summed E-state index contributed by atoms with van der Waals surface area (Å²) in [7, 11) is 0. The van der Waals surface area contributed by atoms with E-state index in [0.717, 1.165) is 28.6 Å². The van der Waals surface area contributed by atoms with Crippen LogP contribution < -0.4 is 5.32 Å². The molecule has 0 saturated heterocycles. The van der Waals surface area contributed by atoms with Crippen molar-refractivity contribution in [3.8, 4) is 5.69 Å². The van der Waals surface area contributed by atoms with Crippen LogP contribution in [0, 0.1) is 13.8 Å². The molecule has 19 heavy (non-hydrogen) atoms. The molecule has 1 aliphatic carbocycles. The summed E-state index contributed by atoms with van der Waals surface area (Å²) in [5.74, 6) is 0. The van der Waals surface area contributed by atoms with Crippen molar-refractivity contribution in [2.24, 2.45) is 0 Å². The van der Waals surface area contributed by atoms with Gasteiger partial charge < -0.3 is 5.32 Å². The first-order valence-corrected chi connectivity index (χ1v) is 6.93. The van der Waals surface area contributed by atoms with Gasteiger partial charge in [-0.1, -0.05) is 11.6 Å². The van der Waals surface area contributed by atoms with Crippen LogP contribution in [-0.2, 0) is 6.54 Å². The molecular weight excluding hydrogens is 260 g/mol. The predicted molar refractivity (Wildman–Crippen MR) is 75.7 cm³/mol. The number of nitrogens with zero attached hydrogens (tertiary/aromatic N) is 3. The molecule has 2 aromatic rings. The van der Waals surface area contributed by atoms with Crippen molar-refractivity contribution in [2.75, 3.05) is 0 Å². The van der Waals surface area contributed by atoms with Gasteiger partial charge in [0.25, 0.3) is 0 Å². The Kier molecular flexibility index (Phi) is 3.29. The average Bonchev–Trinajstić information content (AvgIpc) is 3.21. The maximum atomic E-state index is 6.22. The van der Waals surface area contributed by atoms with Crippen molar-refractivity contribution in [2.45, 2.75) is 39.3 Å². The molecule has 1 saturated carbocycles. The van der Waals surface area contributed by atoms with Crippen molar-refractivity contribution in [3.63, 3.8) is 0 Å². The average molecular weight is 277 g/mol. The highest BCUT2D eigenvalue weighted by Gasteiger charge is 2.21. The first-order valence-electron chi connectivity index (χ1n) is 6.55. The van der Waals surface area contributed by atoms with Gasteiger partial charge in [-0.25, -0.2) is 4.68 Å². The van der Waals surface area contributed by atoms with Crippen molar-refractivity contribution in [1.82, 2.24) is 20.1 Å². The van der Waals surface area contributed by atoms with Crippen molar-refractivity contribution in [1.29, 1.82) is 0 Å². The number of pyridine rings is 1. The molecule has 4 nitrogen and oxygen atoms in total. The molecule has 0 aromatic carbocycles. The second kappa shape index (κ2) is 4.94. The summed E-state index contributed by atoms with van der Waals surface area (Å²) in [5, 5.41) is 8.75. The van der Waals surface area contributed by atoms with Gasteiger partial charge in [0, 0.05) is 18.8 Å². The van der Waals surface area contributed by atoms with Crippen molar-refractivity contribution >= 4 is 11.6 Å². The van der Waals surface area contributed by atoms with Gasteiger partial charge >= 0.3 is 0 Å². The Morgan fingerprint density at radius 3 is 2.84 bits per heavy atom. The molecule has 3 rings (SSSR count). The molecule has 1 fully saturated rings. The molecule has 1 N–H and O–H groups in total. The number of nitrogens with one attached hydrogen (secondary N) is 1. The molecule has 0 radical (unpaired) electrons. The lowest BCUT2D eigenvalue weighted by Gasteiger charge is -2.11. The van der Waals surface area contributed by atoms with Gasteiger partial charge in [-0.05, 0) is 38.3 Å². The minimum atomic E-state index is 0.685. The third-order valence-corrected chi connectivity index (χ3v) is 4.02. The van der Waals surface area contributed by atoms with E-state index in [0.29, 0.717) is 6.04 Å². The van der Waals surface area contributed by atoms with Crippen LogP contribution in [0.1, 0.15) is 29.8 Å². The highest BCUT2D eigenvalue weighted by molar-refractivity contribution is 6.31. The lowest BCUT2D eigenvalue weighted by atomic mass is 10.2. The number of aromatic nitrogens is 3. The van der Waals surface area contributed by atoms with Crippen LogP contribution in [-0.4, -0.2) is 20.8 Å². The Bertz CT molecular complexity index is 601. The first kappa shape index (κ1) is 12.6. The molecule has 5 heteroatoms. The highest BCUT2D eigenvalue weighted by atomic mass is 35.5. The van der Waals surface area contributed by atoms with E-state index in [-0.39, 0.29) is 0 Å². The summed E-state index contributed by atoms with van der Waals surface area (Å²) in [6.07, 6.45) is 6.23.